The molecule has 23 heavy (non-hydrogen) atoms. The van der Waals surface area contributed by atoms with Crippen LogP contribution in [0.15, 0.2) is 22.7 Å². The Bertz CT molecular complexity index is 560. The van der Waals surface area contributed by atoms with E-state index in [1.165, 1.54) is 0 Å². The second-order valence-corrected chi connectivity index (χ2v) is 8.27. The van der Waals surface area contributed by atoms with Crippen molar-refractivity contribution < 1.29 is 9.53 Å². The van der Waals surface area contributed by atoms with E-state index in [-0.39, 0.29) is 12.1 Å². The quantitative estimate of drug-likeness (QED) is 0.715. The minimum Gasteiger partial charge on any atom is -0.444 e. The van der Waals surface area contributed by atoms with E-state index in [0.717, 1.165) is 35.8 Å². The van der Waals surface area contributed by atoms with Gasteiger partial charge in [-0.15, -0.1) is 0 Å². The van der Waals surface area contributed by atoms with Crippen LogP contribution in [0.1, 0.15) is 46.5 Å². The van der Waals surface area contributed by atoms with Crippen LogP contribution in [-0.2, 0) is 4.74 Å². The second-order valence-electron chi connectivity index (χ2n) is 6.98. The molecule has 1 aromatic carbocycles. The number of amides is 1. The number of alkyl carbamates (subject to hydrolysis) is 1. The molecule has 0 heterocycles. The number of ether oxygens (including phenoxy) is 1. The van der Waals surface area contributed by atoms with Crippen LogP contribution in [0.2, 0.25) is 5.02 Å². The third-order valence-corrected chi connectivity index (χ3v) is 4.58. The van der Waals surface area contributed by atoms with Gasteiger partial charge < -0.3 is 15.4 Å². The third kappa shape index (κ3) is 6.22. The number of anilines is 1. The summed E-state index contributed by atoms with van der Waals surface area (Å²) in [6, 6.07) is 6.18. The van der Waals surface area contributed by atoms with Crippen LogP contribution in [0.25, 0.3) is 0 Å². The maximum absolute atomic E-state index is 11.9. The second kappa shape index (κ2) is 7.75. The predicted octanol–water partition coefficient (Wildman–Crippen LogP) is 5.35. The molecule has 1 aliphatic rings. The van der Waals surface area contributed by atoms with Crippen molar-refractivity contribution in [3.63, 3.8) is 0 Å². The van der Waals surface area contributed by atoms with Crippen molar-refractivity contribution in [2.45, 2.75) is 64.1 Å². The summed E-state index contributed by atoms with van der Waals surface area (Å²) >= 11 is 9.50. The lowest BCUT2D eigenvalue weighted by Crippen LogP contribution is -2.43. The van der Waals surface area contributed by atoms with E-state index in [4.69, 9.17) is 16.3 Å². The van der Waals surface area contributed by atoms with Crippen molar-refractivity contribution in [2.75, 3.05) is 5.32 Å². The molecule has 2 N–H and O–H groups in total. The van der Waals surface area contributed by atoms with Crippen LogP contribution in [0.4, 0.5) is 10.5 Å². The zero-order valence-electron chi connectivity index (χ0n) is 13.8. The van der Waals surface area contributed by atoms with Gasteiger partial charge in [-0.25, -0.2) is 4.79 Å². The van der Waals surface area contributed by atoms with Crippen LogP contribution in [0, 0.1) is 0 Å². The monoisotopic (exact) mass is 402 g/mol. The highest BCUT2D eigenvalue weighted by atomic mass is 79.9. The van der Waals surface area contributed by atoms with Crippen molar-refractivity contribution in [3.05, 3.63) is 27.7 Å². The molecular formula is C17H24BrClN2O2. The lowest BCUT2D eigenvalue weighted by molar-refractivity contribution is 0.0492. The number of carbonyl (C=O) groups excluding carboxylic acids is 1. The molecule has 1 aliphatic carbocycles. The number of carbonyl (C=O) groups is 1. The molecule has 1 amide bonds. The fraction of sp³-hybridized carbons (Fsp3) is 0.588. The molecule has 1 aromatic rings. The van der Waals surface area contributed by atoms with Crippen molar-refractivity contribution in [1.29, 1.82) is 0 Å². The number of rotatable bonds is 3. The van der Waals surface area contributed by atoms with Gasteiger partial charge in [-0.3, -0.25) is 0 Å². The highest BCUT2D eigenvalue weighted by Crippen LogP contribution is 2.29. The summed E-state index contributed by atoms with van der Waals surface area (Å²) in [7, 11) is 0. The van der Waals surface area contributed by atoms with Crippen molar-refractivity contribution in [1.82, 2.24) is 5.32 Å². The summed E-state index contributed by atoms with van der Waals surface area (Å²) in [5.41, 5.74) is 0.558. The first-order chi connectivity index (χ1) is 10.7. The van der Waals surface area contributed by atoms with Gasteiger partial charge in [-0.1, -0.05) is 11.6 Å². The van der Waals surface area contributed by atoms with E-state index in [1.807, 2.05) is 39.0 Å². The average Bonchev–Trinajstić information content (AvgIpc) is 2.40. The molecule has 0 saturated heterocycles. The summed E-state index contributed by atoms with van der Waals surface area (Å²) in [5, 5.41) is 7.22. The van der Waals surface area contributed by atoms with Gasteiger partial charge in [-0.2, -0.15) is 0 Å². The summed E-state index contributed by atoms with van der Waals surface area (Å²) in [4.78, 5) is 11.9. The molecule has 1 saturated carbocycles. The van der Waals surface area contributed by atoms with Crippen LogP contribution >= 0.6 is 27.5 Å². The Morgan fingerprint density at radius 3 is 2.65 bits per heavy atom. The van der Waals surface area contributed by atoms with Gasteiger partial charge in [-0.05, 0) is 80.6 Å². The number of nitrogens with one attached hydrogen (secondary N) is 2. The van der Waals surface area contributed by atoms with Gasteiger partial charge in [0.15, 0.2) is 0 Å². The van der Waals surface area contributed by atoms with Crippen LogP contribution in [0.5, 0.6) is 0 Å². The average molecular weight is 404 g/mol. The molecule has 6 heteroatoms. The number of hydrogen-bond donors (Lipinski definition) is 2. The highest BCUT2D eigenvalue weighted by molar-refractivity contribution is 9.10. The normalized spacial score (nSPS) is 21.6. The van der Waals surface area contributed by atoms with E-state index >= 15 is 0 Å². The minimum absolute atomic E-state index is 0.141. The van der Waals surface area contributed by atoms with Gasteiger partial charge in [0.05, 0.1) is 0 Å². The van der Waals surface area contributed by atoms with Gasteiger partial charge in [0.1, 0.15) is 5.60 Å². The molecule has 0 spiro atoms. The fourth-order valence-corrected chi connectivity index (χ4v) is 3.55. The lowest BCUT2D eigenvalue weighted by Gasteiger charge is -2.32. The Hall–Kier alpha value is -0.940. The predicted molar refractivity (Wildman–Crippen MR) is 98.2 cm³/mol. The van der Waals surface area contributed by atoms with Gasteiger partial charge in [0.25, 0.3) is 0 Å². The molecule has 128 valence electrons. The standard InChI is InChI=1S/C17H24BrClN2O2/c1-17(2,3)23-16(22)21-13-6-4-5-12(10-13)20-15-8-7-11(19)9-14(15)18/h7-9,12-13,20H,4-6,10H2,1-3H3,(H,21,22). The van der Waals surface area contributed by atoms with Gasteiger partial charge >= 0.3 is 6.09 Å². The number of halogens is 2. The van der Waals surface area contributed by atoms with Crippen LogP contribution in [0.3, 0.4) is 0 Å². The van der Waals surface area contributed by atoms with Gasteiger partial charge in [0, 0.05) is 27.3 Å². The highest BCUT2D eigenvalue weighted by Gasteiger charge is 2.25. The molecule has 2 unspecified atom stereocenters. The SMILES string of the molecule is CC(C)(C)OC(=O)NC1CCCC(Nc2ccc(Cl)cc2Br)C1. The fourth-order valence-electron chi connectivity index (χ4n) is 2.75. The van der Waals surface area contributed by atoms with Gasteiger partial charge in [0.2, 0.25) is 0 Å². The molecule has 4 nitrogen and oxygen atoms in total. The summed E-state index contributed by atoms with van der Waals surface area (Å²) in [6.07, 6.45) is 3.69. The molecule has 0 aromatic heterocycles. The van der Waals surface area contributed by atoms with E-state index in [2.05, 4.69) is 26.6 Å². The zero-order chi connectivity index (χ0) is 17.0. The van der Waals surface area contributed by atoms with Crippen molar-refractivity contribution >= 4 is 39.3 Å². The number of benzene rings is 1. The minimum atomic E-state index is -0.468. The molecule has 2 rings (SSSR count). The topological polar surface area (TPSA) is 50.4 Å². The van der Waals surface area contributed by atoms with Crippen molar-refractivity contribution in [3.8, 4) is 0 Å². The van der Waals surface area contributed by atoms with E-state index in [1.54, 1.807) is 0 Å². The summed E-state index contributed by atoms with van der Waals surface area (Å²) in [5.74, 6) is 0. The Morgan fingerprint density at radius 1 is 1.30 bits per heavy atom. The molecule has 0 bridgehead atoms. The Kier molecular flexibility index (Phi) is 6.20. The first-order valence-corrected chi connectivity index (χ1v) is 9.11. The summed E-state index contributed by atoms with van der Waals surface area (Å²) in [6.45, 7) is 5.61. The summed E-state index contributed by atoms with van der Waals surface area (Å²) < 4.78 is 6.28. The lowest BCUT2D eigenvalue weighted by atomic mass is 9.91. The number of hydrogen-bond acceptors (Lipinski definition) is 3. The first-order valence-electron chi connectivity index (χ1n) is 7.94. The van der Waals surface area contributed by atoms with E-state index < -0.39 is 5.60 Å². The molecule has 1 fully saturated rings. The largest absolute Gasteiger partial charge is 0.444 e. The smallest absolute Gasteiger partial charge is 0.407 e. The Labute approximate surface area is 151 Å². The van der Waals surface area contributed by atoms with Crippen molar-refractivity contribution in [2.24, 2.45) is 0 Å². The maximum atomic E-state index is 11.9. The Morgan fingerprint density at radius 2 is 2.00 bits per heavy atom. The third-order valence-electron chi connectivity index (χ3n) is 3.69. The zero-order valence-corrected chi connectivity index (χ0v) is 16.1. The molecule has 0 radical (unpaired) electrons. The first kappa shape index (κ1) is 18.4. The van der Waals surface area contributed by atoms with E-state index in [0.29, 0.717) is 11.1 Å². The van der Waals surface area contributed by atoms with Crippen LogP contribution < -0.4 is 10.6 Å². The molecular weight excluding hydrogens is 380 g/mol. The molecule has 2 atom stereocenters. The molecule has 0 aliphatic heterocycles. The van der Waals surface area contributed by atoms with E-state index in [9.17, 15) is 4.79 Å². The van der Waals surface area contributed by atoms with Crippen LogP contribution in [-0.4, -0.2) is 23.8 Å². The Balaban J connectivity index is 1.89. The maximum Gasteiger partial charge on any atom is 0.407 e.